The zero-order valence-electron chi connectivity index (χ0n) is 12.7. The van der Waals surface area contributed by atoms with Crippen LogP contribution in [-0.2, 0) is 4.74 Å². The predicted octanol–water partition coefficient (Wildman–Crippen LogP) is 2.50. The van der Waals surface area contributed by atoms with Gasteiger partial charge in [-0.3, -0.25) is 4.79 Å². The molecule has 2 heterocycles. The Hall–Kier alpha value is -2.58. The van der Waals surface area contributed by atoms with Gasteiger partial charge >= 0.3 is 0 Å². The van der Waals surface area contributed by atoms with E-state index >= 15 is 0 Å². The summed E-state index contributed by atoms with van der Waals surface area (Å²) in [6, 6.07) is 10.9. The van der Waals surface area contributed by atoms with Gasteiger partial charge in [-0.1, -0.05) is 41.4 Å². The maximum Gasteiger partial charge on any atom is 0.290 e. The Morgan fingerprint density at radius 1 is 1.30 bits per heavy atom. The summed E-state index contributed by atoms with van der Waals surface area (Å²) in [5.41, 5.74) is 1.52. The van der Waals surface area contributed by atoms with E-state index in [1.54, 1.807) is 6.07 Å². The van der Waals surface area contributed by atoms with Crippen molar-refractivity contribution >= 4 is 5.91 Å². The number of nitrogens with one attached hydrogen (secondary N) is 1. The van der Waals surface area contributed by atoms with E-state index in [2.05, 4.69) is 16.4 Å². The van der Waals surface area contributed by atoms with Gasteiger partial charge in [0.05, 0.1) is 6.04 Å². The molecule has 1 N–H and O–H groups in total. The Morgan fingerprint density at radius 2 is 2.04 bits per heavy atom. The van der Waals surface area contributed by atoms with Crippen LogP contribution in [-0.4, -0.2) is 30.3 Å². The monoisotopic (exact) mass is 310 g/mol. The lowest BCUT2D eigenvalue weighted by Gasteiger charge is -2.27. The fraction of sp³-hybridized carbons (Fsp3) is 0.333. The molecule has 1 aromatic carbocycles. The molecule has 0 bridgehead atoms. The number of nitrogens with zero attached hydrogens (tertiary/aromatic N) is 1. The molecule has 118 valence electrons. The van der Waals surface area contributed by atoms with Crippen molar-refractivity contribution in [1.82, 2.24) is 10.5 Å². The van der Waals surface area contributed by atoms with Crippen molar-refractivity contribution in [1.29, 1.82) is 0 Å². The second kappa shape index (κ2) is 7.12. The van der Waals surface area contributed by atoms with Crippen molar-refractivity contribution in [3.05, 3.63) is 42.2 Å². The molecule has 1 aliphatic heterocycles. The first-order chi connectivity index (χ1) is 11.3. The number of carbonyl (C=O) groups excluding carboxylic acids is 1. The predicted molar refractivity (Wildman–Crippen MR) is 85.6 cm³/mol. The highest BCUT2D eigenvalue weighted by Gasteiger charge is 2.25. The number of aromatic nitrogens is 1. The van der Waals surface area contributed by atoms with E-state index < -0.39 is 0 Å². The van der Waals surface area contributed by atoms with Crippen LogP contribution in [0.4, 0.5) is 0 Å². The number of rotatable bonds is 4. The first-order valence-corrected chi connectivity index (χ1v) is 7.65. The third-order valence-electron chi connectivity index (χ3n) is 4.01. The summed E-state index contributed by atoms with van der Waals surface area (Å²) in [6.45, 7) is 1.36. The van der Waals surface area contributed by atoms with E-state index in [1.807, 2.05) is 30.3 Å². The van der Waals surface area contributed by atoms with Crippen molar-refractivity contribution in [2.24, 2.45) is 5.92 Å². The Balaban J connectivity index is 1.68. The van der Waals surface area contributed by atoms with E-state index in [0.29, 0.717) is 18.9 Å². The zero-order chi connectivity index (χ0) is 16.1. The second-order valence-corrected chi connectivity index (χ2v) is 5.51. The van der Waals surface area contributed by atoms with Crippen LogP contribution < -0.4 is 5.32 Å². The van der Waals surface area contributed by atoms with E-state index in [1.165, 1.54) is 0 Å². The molecular formula is C18H18N2O3. The van der Waals surface area contributed by atoms with Gasteiger partial charge in [0.1, 0.15) is 5.69 Å². The first kappa shape index (κ1) is 15.3. The molecule has 1 atom stereocenters. The van der Waals surface area contributed by atoms with E-state index in [9.17, 15) is 4.79 Å². The number of carbonyl (C=O) groups is 1. The molecule has 5 heteroatoms. The van der Waals surface area contributed by atoms with Gasteiger partial charge in [0.15, 0.2) is 0 Å². The molecule has 3 rings (SSSR count). The maximum atomic E-state index is 12.3. The van der Waals surface area contributed by atoms with Crippen LogP contribution in [0.2, 0.25) is 0 Å². The molecule has 1 amide bonds. The van der Waals surface area contributed by atoms with E-state index in [4.69, 9.17) is 15.7 Å². The van der Waals surface area contributed by atoms with Crippen molar-refractivity contribution in [2.75, 3.05) is 13.2 Å². The molecule has 23 heavy (non-hydrogen) atoms. The molecule has 5 nitrogen and oxygen atoms in total. The van der Waals surface area contributed by atoms with Crippen LogP contribution >= 0.6 is 0 Å². The number of hydrogen-bond donors (Lipinski definition) is 1. The van der Waals surface area contributed by atoms with Gasteiger partial charge in [0, 0.05) is 24.8 Å². The third kappa shape index (κ3) is 3.61. The van der Waals surface area contributed by atoms with Gasteiger partial charge in [-0.15, -0.1) is 6.42 Å². The van der Waals surface area contributed by atoms with E-state index in [-0.39, 0.29) is 23.6 Å². The van der Waals surface area contributed by atoms with Crippen LogP contribution in [0.1, 0.15) is 23.4 Å². The molecule has 0 saturated carbocycles. The molecule has 0 spiro atoms. The smallest absolute Gasteiger partial charge is 0.290 e. The van der Waals surface area contributed by atoms with Crippen molar-refractivity contribution < 1.29 is 14.1 Å². The molecule has 1 fully saturated rings. The third-order valence-corrected chi connectivity index (χ3v) is 4.01. The highest BCUT2D eigenvalue weighted by Crippen LogP contribution is 2.21. The van der Waals surface area contributed by atoms with Crippen LogP contribution in [0, 0.1) is 18.3 Å². The quantitative estimate of drug-likeness (QED) is 0.881. The van der Waals surface area contributed by atoms with E-state index in [0.717, 1.165) is 18.4 Å². The van der Waals surface area contributed by atoms with Gasteiger partial charge < -0.3 is 14.6 Å². The number of ether oxygens (including phenoxy) is 1. The lowest BCUT2D eigenvalue weighted by Crippen LogP contribution is -2.41. The topological polar surface area (TPSA) is 64.4 Å². The Kier molecular flexibility index (Phi) is 4.74. The molecule has 2 aromatic rings. The summed E-state index contributed by atoms with van der Waals surface area (Å²) in [6.07, 6.45) is 7.27. The summed E-state index contributed by atoms with van der Waals surface area (Å²) in [5, 5.41) is 6.80. The SMILES string of the molecule is C#C[C@H](NC(=O)c1cc(-c2ccccc2)no1)C1CCOCC1. The molecule has 1 aromatic heterocycles. The Labute approximate surface area is 135 Å². The molecule has 0 aliphatic carbocycles. The molecule has 0 radical (unpaired) electrons. The average molecular weight is 310 g/mol. The summed E-state index contributed by atoms with van der Waals surface area (Å²) in [4.78, 5) is 12.3. The summed E-state index contributed by atoms with van der Waals surface area (Å²) in [5.74, 6) is 2.72. The fourth-order valence-corrected chi connectivity index (χ4v) is 2.68. The Bertz CT molecular complexity index is 697. The lowest BCUT2D eigenvalue weighted by atomic mass is 9.92. The van der Waals surface area contributed by atoms with Gasteiger partial charge in [0.2, 0.25) is 5.76 Å². The normalized spacial score (nSPS) is 16.5. The number of amides is 1. The minimum absolute atomic E-state index is 0.163. The average Bonchev–Trinajstić information content (AvgIpc) is 3.11. The van der Waals surface area contributed by atoms with Crippen LogP contribution in [0.15, 0.2) is 40.9 Å². The maximum absolute atomic E-state index is 12.3. The highest BCUT2D eigenvalue weighted by molar-refractivity contribution is 5.92. The number of benzene rings is 1. The molecule has 0 unspecified atom stereocenters. The largest absolute Gasteiger partial charge is 0.381 e. The lowest BCUT2D eigenvalue weighted by molar-refractivity contribution is 0.0574. The molecule has 1 saturated heterocycles. The number of hydrogen-bond acceptors (Lipinski definition) is 4. The van der Waals surface area contributed by atoms with Crippen LogP contribution in [0.3, 0.4) is 0 Å². The van der Waals surface area contributed by atoms with Crippen molar-refractivity contribution in [3.8, 4) is 23.6 Å². The van der Waals surface area contributed by atoms with Crippen LogP contribution in [0.5, 0.6) is 0 Å². The molecular weight excluding hydrogens is 292 g/mol. The van der Waals surface area contributed by atoms with Gasteiger partial charge in [-0.2, -0.15) is 0 Å². The minimum Gasteiger partial charge on any atom is -0.381 e. The van der Waals surface area contributed by atoms with Crippen molar-refractivity contribution in [3.63, 3.8) is 0 Å². The van der Waals surface area contributed by atoms with Gasteiger partial charge in [-0.25, -0.2) is 0 Å². The Morgan fingerprint density at radius 3 is 2.74 bits per heavy atom. The zero-order valence-corrected chi connectivity index (χ0v) is 12.7. The minimum atomic E-state index is -0.339. The van der Waals surface area contributed by atoms with Crippen molar-refractivity contribution in [2.45, 2.75) is 18.9 Å². The van der Waals surface area contributed by atoms with Gasteiger partial charge in [-0.05, 0) is 18.8 Å². The summed E-state index contributed by atoms with van der Waals surface area (Å²) in [7, 11) is 0. The standard InChI is InChI=1S/C18H18N2O3/c1-2-15(14-8-10-22-11-9-14)19-18(21)17-12-16(20-23-17)13-6-4-3-5-7-13/h1,3-7,12,14-15H,8-11H2,(H,19,21)/t15-/m0/s1. The fourth-order valence-electron chi connectivity index (χ4n) is 2.68. The van der Waals surface area contributed by atoms with Crippen LogP contribution in [0.25, 0.3) is 11.3 Å². The highest BCUT2D eigenvalue weighted by atomic mass is 16.5. The molecule has 1 aliphatic rings. The first-order valence-electron chi connectivity index (χ1n) is 7.65. The summed E-state index contributed by atoms with van der Waals surface area (Å²) >= 11 is 0. The van der Waals surface area contributed by atoms with Gasteiger partial charge in [0.25, 0.3) is 5.91 Å². The second-order valence-electron chi connectivity index (χ2n) is 5.51. The number of terminal acetylenes is 1. The summed E-state index contributed by atoms with van der Waals surface area (Å²) < 4.78 is 10.5.